The molecule has 1 saturated heterocycles. The van der Waals surface area contributed by atoms with Crippen molar-refractivity contribution < 1.29 is 8.60 Å². The summed E-state index contributed by atoms with van der Waals surface area (Å²) >= 11 is 5.76. The molecular weight excluding hydrogens is 261 g/mol. The Bertz CT molecular complexity index is 441. The van der Waals surface area contributed by atoms with Gasteiger partial charge in [0.05, 0.1) is 5.02 Å². The van der Waals surface area contributed by atoms with Crippen LogP contribution in [-0.2, 0) is 10.8 Å². The molecule has 1 N–H and O–H groups in total. The summed E-state index contributed by atoms with van der Waals surface area (Å²) in [6.45, 7) is 2.06. The molecule has 5 heteroatoms. The van der Waals surface area contributed by atoms with E-state index in [9.17, 15) is 8.60 Å². The zero-order chi connectivity index (χ0) is 12.4. The normalized spacial score (nSPS) is 29.2. The Labute approximate surface area is 108 Å². The number of hydrogen-bond donors (Lipinski definition) is 1. The molecule has 0 aliphatic carbocycles. The molecule has 2 nitrogen and oxygen atoms in total. The summed E-state index contributed by atoms with van der Waals surface area (Å²) in [7, 11) is -0.812. The molecule has 0 amide bonds. The zero-order valence-electron chi connectivity index (χ0n) is 9.58. The van der Waals surface area contributed by atoms with Crippen molar-refractivity contribution in [3.05, 3.63) is 34.6 Å². The molecule has 94 valence electrons. The predicted octanol–water partition coefficient (Wildman–Crippen LogP) is 2.65. The van der Waals surface area contributed by atoms with Gasteiger partial charge in [0, 0.05) is 34.4 Å². The van der Waals surface area contributed by atoms with Crippen LogP contribution in [0.2, 0.25) is 5.02 Å². The maximum atomic E-state index is 13.1. The largest absolute Gasteiger partial charge is 0.305 e. The Morgan fingerprint density at radius 1 is 1.53 bits per heavy atom. The van der Waals surface area contributed by atoms with E-state index >= 15 is 0 Å². The molecule has 0 radical (unpaired) electrons. The third-order valence-electron chi connectivity index (χ3n) is 3.02. The first-order valence-corrected chi connectivity index (χ1v) is 7.52. The van der Waals surface area contributed by atoms with Crippen molar-refractivity contribution in [2.75, 3.05) is 11.5 Å². The van der Waals surface area contributed by atoms with Gasteiger partial charge >= 0.3 is 0 Å². The third kappa shape index (κ3) is 3.06. The molecule has 1 aromatic carbocycles. The molecule has 1 fully saturated rings. The third-order valence-corrected chi connectivity index (χ3v) is 4.78. The van der Waals surface area contributed by atoms with Gasteiger partial charge in [0.15, 0.2) is 0 Å². The first-order valence-electron chi connectivity index (χ1n) is 5.66. The van der Waals surface area contributed by atoms with Gasteiger partial charge in [-0.2, -0.15) is 0 Å². The van der Waals surface area contributed by atoms with E-state index in [1.165, 1.54) is 6.07 Å². The van der Waals surface area contributed by atoms with Crippen LogP contribution in [0.25, 0.3) is 0 Å². The van der Waals surface area contributed by atoms with Crippen LogP contribution < -0.4 is 5.32 Å². The van der Waals surface area contributed by atoms with E-state index in [0.717, 1.165) is 12.0 Å². The van der Waals surface area contributed by atoms with Crippen molar-refractivity contribution in [2.45, 2.75) is 25.4 Å². The summed E-state index contributed by atoms with van der Waals surface area (Å²) in [4.78, 5) is 0. The number of hydrogen-bond acceptors (Lipinski definition) is 2. The van der Waals surface area contributed by atoms with Gasteiger partial charge in [0.2, 0.25) is 0 Å². The number of benzene rings is 1. The fourth-order valence-electron chi connectivity index (χ4n) is 2.02. The van der Waals surface area contributed by atoms with E-state index in [1.807, 2.05) is 0 Å². The molecule has 0 aromatic heterocycles. The average molecular weight is 276 g/mol. The average Bonchev–Trinajstić information content (AvgIpc) is 2.32. The quantitative estimate of drug-likeness (QED) is 0.899. The fourth-order valence-corrected chi connectivity index (χ4v) is 3.78. The highest BCUT2D eigenvalue weighted by molar-refractivity contribution is 7.85. The summed E-state index contributed by atoms with van der Waals surface area (Å²) in [5.41, 5.74) is 0.905. The van der Waals surface area contributed by atoms with E-state index in [0.29, 0.717) is 11.5 Å². The second kappa shape index (κ2) is 5.46. The summed E-state index contributed by atoms with van der Waals surface area (Å²) in [5.74, 6) is 0.847. The molecule has 17 heavy (non-hydrogen) atoms. The monoisotopic (exact) mass is 275 g/mol. The minimum Gasteiger partial charge on any atom is -0.305 e. The fraction of sp³-hybridized carbons (Fsp3) is 0.500. The van der Waals surface area contributed by atoms with Crippen LogP contribution in [-0.4, -0.2) is 21.8 Å². The summed E-state index contributed by atoms with van der Waals surface area (Å²) in [6, 6.07) is 4.95. The van der Waals surface area contributed by atoms with Gasteiger partial charge in [-0.1, -0.05) is 24.6 Å². The molecule has 2 rings (SSSR count). The van der Waals surface area contributed by atoms with Gasteiger partial charge in [-0.3, -0.25) is 4.21 Å². The van der Waals surface area contributed by atoms with Gasteiger partial charge in [0.25, 0.3) is 0 Å². The molecule has 3 atom stereocenters. The first-order chi connectivity index (χ1) is 8.10. The smallest absolute Gasteiger partial charge is 0.141 e. The van der Waals surface area contributed by atoms with E-state index in [2.05, 4.69) is 12.2 Å². The Balaban J connectivity index is 2.20. The van der Waals surface area contributed by atoms with Crippen LogP contribution in [0.4, 0.5) is 4.39 Å². The van der Waals surface area contributed by atoms with E-state index in [1.54, 1.807) is 12.1 Å². The SMILES string of the molecule is CCC1CS(=O)CC(c2ccc(F)c(Cl)c2)N1. The molecule has 0 spiro atoms. The lowest BCUT2D eigenvalue weighted by Crippen LogP contribution is -2.44. The van der Waals surface area contributed by atoms with Gasteiger partial charge in [-0.05, 0) is 24.1 Å². The van der Waals surface area contributed by atoms with E-state index in [-0.39, 0.29) is 17.1 Å². The van der Waals surface area contributed by atoms with Crippen molar-refractivity contribution in [1.29, 1.82) is 0 Å². The second-order valence-corrected chi connectivity index (χ2v) is 6.22. The van der Waals surface area contributed by atoms with Crippen molar-refractivity contribution >= 4 is 22.4 Å². The predicted molar refractivity (Wildman–Crippen MR) is 69.2 cm³/mol. The van der Waals surface area contributed by atoms with Crippen LogP contribution in [0, 0.1) is 5.82 Å². The standard InChI is InChI=1S/C12H15ClFNOS/c1-2-9-6-17(16)7-12(15-9)8-3-4-11(14)10(13)5-8/h3-5,9,12,15H,2,6-7H2,1H3. The first kappa shape index (κ1) is 13.0. The molecule has 0 bridgehead atoms. The summed E-state index contributed by atoms with van der Waals surface area (Å²) in [5, 5.41) is 3.54. The molecule has 3 unspecified atom stereocenters. The molecule has 1 heterocycles. The lowest BCUT2D eigenvalue weighted by atomic mass is 10.1. The van der Waals surface area contributed by atoms with Crippen LogP contribution in [0.15, 0.2) is 18.2 Å². The Kier molecular flexibility index (Phi) is 4.17. The molecule has 0 saturated carbocycles. The highest BCUT2D eigenvalue weighted by Crippen LogP contribution is 2.24. The lowest BCUT2D eigenvalue weighted by Gasteiger charge is -2.30. The van der Waals surface area contributed by atoms with Crippen molar-refractivity contribution in [3.8, 4) is 0 Å². The van der Waals surface area contributed by atoms with Crippen LogP contribution in [0.3, 0.4) is 0 Å². The van der Waals surface area contributed by atoms with Gasteiger partial charge in [-0.25, -0.2) is 4.39 Å². The molecular formula is C12H15ClFNOS. The summed E-state index contributed by atoms with van der Waals surface area (Å²) < 4.78 is 24.8. The van der Waals surface area contributed by atoms with E-state index in [4.69, 9.17) is 11.6 Å². The zero-order valence-corrected chi connectivity index (χ0v) is 11.2. The number of rotatable bonds is 2. The van der Waals surface area contributed by atoms with Gasteiger partial charge in [-0.15, -0.1) is 0 Å². The van der Waals surface area contributed by atoms with Crippen LogP contribution in [0.5, 0.6) is 0 Å². The second-order valence-electron chi connectivity index (χ2n) is 4.27. The Morgan fingerprint density at radius 3 is 2.94 bits per heavy atom. The maximum absolute atomic E-state index is 13.1. The van der Waals surface area contributed by atoms with Gasteiger partial charge < -0.3 is 5.32 Å². The Hall–Kier alpha value is -0.450. The van der Waals surface area contributed by atoms with Crippen molar-refractivity contribution in [1.82, 2.24) is 5.32 Å². The highest BCUT2D eigenvalue weighted by Gasteiger charge is 2.25. The minimum atomic E-state index is -0.812. The Morgan fingerprint density at radius 2 is 2.29 bits per heavy atom. The summed E-state index contributed by atoms with van der Waals surface area (Å²) in [6.07, 6.45) is 0.942. The maximum Gasteiger partial charge on any atom is 0.141 e. The molecule has 1 aromatic rings. The van der Waals surface area contributed by atoms with Crippen molar-refractivity contribution in [2.24, 2.45) is 0 Å². The highest BCUT2D eigenvalue weighted by atomic mass is 35.5. The number of nitrogens with one attached hydrogen (secondary N) is 1. The molecule has 1 aliphatic rings. The van der Waals surface area contributed by atoms with E-state index < -0.39 is 16.6 Å². The lowest BCUT2D eigenvalue weighted by molar-refractivity contribution is 0.455. The van der Waals surface area contributed by atoms with Crippen LogP contribution >= 0.6 is 11.6 Å². The number of halogens is 2. The van der Waals surface area contributed by atoms with Crippen LogP contribution in [0.1, 0.15) is 24.9 Å². The van der Waals surface area contributed by atoms with Crippen molar-refractivity contribution in [3.63, 3.8) is 0 Å². The topological polar surface area (TPSA) is 29.1 Å². The molecule has 1 aliphatic heterocycles. The minimum absolute atomic E-state index is 0.00707. The van der Waals surface area contributed by atoms with Gasteiger partial charge in [0.1, 0.15) is 5.82 Å².